The van der Waals surface area contributed by atoms with Gasteiger partial charge in [0.05, 0.1) is 23.6 Å². The van der Waals surface area contributed by atoms with Gasteiger partial charge in [-0.25, -0.2) is 9.97 Å². The number of aliphatic hydroxyl groups excluding tert-OH is 1. The third-order valence-electron chi connectivity index (χ3n) is 6.27. The zero-order chi connectivity index (χ0) is 27.4. The third kappa shape index (κ3) is 5.70. The van der Waals surface area contributed by atoms with E-state index in [0.717, 1.165) is 6.42 Å². The first kappa shape index (κ1) is 28.0. The Morgan fingerprint density at radius 2 is 1.84 bits per heavy atom. The fourth-order valence-electron chi connectivity index (χ4n) is 4.39. The van der Waals surface area contributed by atoms with Crippen LogP contribution in [0.4, 0.5) is 5.82 Å². The van der Waals surface area contributed by atoms with E-state index in [4.69, 9.17) is 19.9 Å². The number of nitrogens with zero attached hydrogens (tertiary/aromatic N) is 3. The number of hydrogen-bond donors (Lipinski definition) is 4. The van der Waals surface area contributed by atoms with Gasteiger partial charge in [-0.3, -0.25) is 19.2 Å². The lowest BCUT2D eigenvalue weighted by molar-refractivity contribution is -0.165. The molecule has 14 nitrogen and oxygen atoms in total. The topological polar surface area (TPSA) is 197 Å². The first-order valence-electron chi connectivity index (χ1n) is 11.8. The molecule has 1 saturated heterocycles. The number of carbonyl (C=O) groups excluding carboxylic acids is 4. The molecule has 3 rings (SSSR count). The number of likely N-dealkylation sites (N-methyl/N-ethyl adjacent to an activating group) is 1. The van der Waals surface area contributed by atoms with Gasteiger partial charge in [-0.05, 0) is 13.0 Å². The van der Waals surface area contributed by atoms with Gasteiger partial charge in [0.15, 0.2) is 18.4 Å². The molecule has 2 aromatic rings. The van der Waals surface area contributed by atoms with E-state index in [-0.39, 0.29) is 34.2 Å². The molecule has 3 unspecified atom stereocenters. The van der Waals surface area contributed by atoms with Crippen LogP contribution in [0.3, 0.4) is 0 Å². The number of aromatic nitrogens is 3. The summed E-state index contributed by atoms with van der Waals surface area (Å²) in [6.45, 7) is 5.67. The second-order valence-corrected chi connectivity index (χ2v) is 8.77. The van der Waals surface area contributed by atoms with Crippen molar-refractivity contribution in [2.24, 2.45) is 11.7 Å². The summed E-state index contributed by atoms with van der Waals surface area (Å²) in [5, 5.41) is 15.7. The van der Waals surface area contributed by atoms with Gasteiger partial charge >= 0.3 is 11.9 Å². The Morgan fingerprint density at radius 3 is 2.38 bits per heavy atom. The zero-order valence-electron chi connectivity index (χ0n) is 21.3. The van der Waals surface area contributed by atoms with Crippen molar-refractivity contribution in [1.29, 1.82) is 0 Å². The zero-order valence-corrected chi connectivity index (χ0v) is 21.3. The molecular formula is C23H32N6O8. The van der Waals surface area contributed by atoms with Gasteiger partial charge in [0, 0.05) is 20.0 Å². The average Bonchev–Trinajstić information content (AvgIpc) is 3.38. The van der Waals surface area contributed by atoms with Crippen LogP contribution in [0.5, 0.6) is 0 Å². The van der Waals surface area contributed by atoms with Crippen LogP contribution in [0.1, 0.15) is 50.7 Å². The summed E-state index contributed by atoms with van der Waals surface area (Å²) in [6.07, 6.45) is -1.29. The maximum Gasteiger partial charge on any atom is 0.303 e. The van der Waals surface area contributed by atoms with E-state index in [1.165, 1.54) is 30.9 Å². The highest BCUT2D eigenvalue weighted by molar-refractivity contribution is 6.11. The van der Waals surface area contributed by atoms with Crippen molar-refractivity contribution >= 4 is 40.6 Å². The van der Waals surface area contributed by atoms with E-state index in [1.807, 2.05) is 13.8 Å². The van der Waals surface area contributed by atoms with E-state index in [9.17, 15) is 24.3 Å². The number of rotatable bonds is 10. The van der Waals surface area contributed by atoms with Gasteiger partial charge in [0.1, 0.15) is 23.9 Å². The number of anilines is 1. The number of ether oxygens (including phenoxy) is 3. The van der Waals surface area contributed by atoms with Crippen molar-refractivity contribution in [2.45, 2.75) is 64.7 Å². The van der Waals surface area contributed by atoms with Crippen LogP contribution in [0.25, 0.3) is 11.0 Å². The minimum absolute atomic E-state index is 0.00698. The number of amides is 2. The van der Waals surface area contributed by atoms with E-state index in [2.05, 4.69) is 20.6 Å². The van der Waals surface area contributed by atoms with Gasteiger partial charge < -0.3 is 40.3 Å². The summed E-state index contributed by atoms with van der Waals surface area (Å²) in [4.78, 5) is 57.4. The van der Waals surface area contributed by atoms with Crippen LogP contribution in [0.15, 0.2) is 12.5 Å². The number of nitrogens with two attached hydrogens (primary N) is 1. The van der Waals surface area contributed by atoms with E-state index in [1.54, 1.807) is 7.05 Å². The molecule has 2 amide bonds. The molecule has 0 spiro atoms. The number of primary amides is 1. The molecule has 0 bridgehead atoms. The summed E-state index contributed by atoms with van der Waals surface area (Å²) in [7, 11) is 1.67. The van der Waals surface area contributed by atoms with E-state index >= 15 is 0 Å². The number of fused-ring (bicyclic) bond motifs is 1. The Morgan fingerprint density at radius 1 is 1.19 bits per heavy atom. The molecule has 37 heavy (non-hydrogen) atoms. The monoisotopic (exact) mass is 520 g/mol. The fraction of sp³-hybridized carbons (Fsp3) is 0.565. The van der Waals surface area contributed by atoms with Crippen LogP contribution in [-0.4, -0.2) is 81.4 Å². The van der Waals surface area contributed by atoms with E-state index in [0.29, 0.717) is 0 Å². The lowest BCUT2D eigenvalue weighted by Gasteiger charge is -2.24. The Labute approximate surface area is 212 Å². The van der Waals surface area contributed by atoms with Gasteiger partial charge in [-0.15, -0.1) is 0 Å². The van der Waals surface area contributed by atoms with Gasteiger partial charge in [-0.1, -0.05) is 20.3 Å². The SMILES string of the molecule is CCC(C)C(NC)C(=O)Nc1ncnc2c1c(C(N)=O)cn2[C@@H]1O[C@H](CO)C(OC(C)=O)[C@@H]1OC(C)=O. The van der Waals surface area contributed by atoms with Gasteiger partial charge in [-0.2, -0.15) is 0 Å². The summed E-state index contributed by atoms with van der Waals surface area (Å²) in [5.74, 6) is -2.51. The Hall–Kier alpha value is -3.62. The molecule has 3 heterocycles. The van der Waals surface area contributed by atoms with Crippen molar-refractivity contribution < 1.29 is 38.5 Å². The molecule has 1 fully saturated rings. The Bertz CT molecular complexity index is 1180. The van der Waals surface area contributed by atoms with Gasteiger partial charge in [0.2, 0.25) is 5.91 Å². The molecule has 14 heteroatoms. The summed E-state index contributed by atoms with van der Waals surface area (Å²) in [5.41, 5.74) is 5.74. The van der Waals surface area contributed by atoms with Crippen molar-refractivity contribution in [1.82, 2.24) is 19.9 Å². The van der Waals surface area contributed by atoms with Crippen molar-refractivity contribution in [3.05, 3.63) is 18.1 Å². The fourth-order valence-corrected chi connectivity index (χ4v) is 4.39. The lowest BCUT2D eigenvalue weighted by atomic mass is 9.98. The molecular weight excluding hydrogens is 488 g/mol. The number of esters is 2. The maximum atomic E-state index is 13.0. The molecule has 1 aliphatic rings. The molecule has 0 saturated carbocycles. The highest BCUT2D eigenvalue weighted by atomic mass is 16.6. The van der Waals surface area contributed by atoms with Crippen LogP contribution >= 0.6 is 0 Å². The number of aliphatic hydroxyl groups is 1. The number of hydrogen-bond acceptors (Lipinski definition) is 11. The van der Waals surface area contributed by atoms with Crippen LogP contribution < -0.4 is 16.4 Å². The predicted octanol–water partition coefficient (Wildman–Crippen LogP) is -0.144. The standard InChI is InChI=1S/C23H32N6O8/c1-6-10(2)16(25-5)22(34)28-20-15-13(19(24)33)7-29(21(15)27-9-26-20)23-18(36-12(4)32)17(35-11(3)31)14(8-30)37-23/h7,9-10,14,16-18,23,25,30H,6,8H2,1-5H3,(H2,24,33)(H,26,27,28,34)/t10?,14-,16?,17?,18+,23-/m1/s1. The number of carbonyl (C=O) groups is 4. The quantitative estimate of drug-likeness (QED) is 0.304. The third-order valence-corrected chi connectivity index (χ3v) is 6.27. The first-order valence-corrected chi connectivity index (χ1v) is 11.8. The summed E-state index contributed by atoms with van der Waals surface area (Å²) < 4.78 is 18.0. The Kier molecular flexibility index (Phi) is 8.78. The summed E-state index contributed by atoms with van der Waals surface area (Å²) in [6, 6.07) is -0.532. The molecule has 1 aliphatic heterocycles. The number of nitrogens with one attached hydrogen (secondary N) is 2. The van der Waals surface area contributed by atoms with Gasteiger partial charge in [0.25, 0.3) is 5.91 Å². The predicted molar refractivity (Wildman–Crippen MR) is 129 cm³/mol. The van der Waals surface area contributed by atoms with Crippen LogP contribution in [-0.2, 0) is 28.6 Å². The largest absolute Gasteiger partial charge is 0.456 e. The van der Waals surface area contributed by atoms with Crippen LogP contribution in [0.2, 0.25) is 0 Å². The highest BCUT2D eigenvalue weighted by Gasteiger charge is 2.50. The molecule has 5 N–H and O–H groups in total. The molecule has 202 valence electrons. The second-order valence-electron chi connectivity index (χ2n) is 8.77. The average molecular weight is 521 g/mol. The van der Waals surface area contributed by atoms with Crippen molar-refractivity contribution in [3.8, 4) is 0 Å². The van der Waals surface area contributed by atoms with Crippen molar-refractivity contribution in [3.63, 3.8) is 0 Å². The minimum atomic E-state index is -1.19. The van der Waals surface area contributed by atoms with E-state index < -0.39 is 55.0 Å². The highest BCUT2D eigenvalue weighted by Crippen LogP contribution is 2.38. The van der Waals surface area contributed by atoms with Crippen LogP contribution in [0, 0.1) is 5.92 Å². The normalized spacial score (nSPS) is 22.9. The second kappa shape index (κ2) is 11.6. The summed E-state index contributed by atoms with van der Waals surface area (Å²) >= 11 is 0. The molecule has 0 aromatic carbocycles. The molecule has 0 aliphatic carbocycles. The maximum absolute atomic E-state index is 13.0. The molecule has 2 aromatic heterocycles. The smallest absolute Gasteiger partial charge is 0.303 e. The Balaban J connectivity index is 2.13. The lowest BCUT2D eigenvalue weighted by Crippen LogP contribution is -2.43. The minimum Gasteiger partial charge on any atom is -0.456 e. The first-order chi connectivity index (χ1) is 17.5. The van der Waals surface area contributed by atoms with Crippen molar-refractivity contribution in [2.75, 3.05) is 19.0 Å². The molecule has 6 atom stereocenters. The molecule has 0 radical (unpaired) electrons.